The van der Waals surface area contributed by atoms with Gasteiger partial charge in [0.2, 0.25) is 0 Å². The summed E-state index contributed by atoms with van der Waals surface area (Å²) in [6.07, 6.45) is 0.519. The van der Waals surface area contributed by atoms with Crippen molar-refractivity contribution in [2.24, 2.45) is 0 Å². The van der Waals surface area contributed by atoms with Gasteiger partial charge in [-0.2, -0.15) is 0 Å². The van der Waals surface area contributed by atoms with Gasteiger partial charge in [-0.15, -0.1) is 0 Å². The smallest absolute Gasteiger partial charge is 0.347 e. The second-order valence-corrected chi connectivity index (χ2v) is 5.99. The van der Waals surface area contributed by atoms with Gasteiger partial charge in [0.05, 0.1) is 6.54 Å². The molecule has 0 amide bonds. The molecule has 1 N–H and O–H groups in total. The topological polar surface area (TPSA) is 59.3 Å². The van der Waals surface area contributed by atoms with Gasteiger partial charge in [-0.25, -0.2) is 4.79 Å². The van der Waals surface area contributed by atoms with Crippen molar-refractivity contribution in [1.82, 2.24) is 4.57 Å². The molecule has 112 valence electrons. The van der Waals surface area contributed by atoms with Crippen LogP contribution in [0.25, 0.3) is 10.8 Å². The third-order valence-corrected chi connectivity index (χ3v) is 4.74. The van der Waals surface area contributed by atoms with E-state index in [0.717, 1.165) is 27.7 Å². The van der Waals surface area contributed by atoms with Gasteiger partial charge >= 0.3 is 10.8 Å². The van der Waals surface area contributed by atoms with Gasteiger partial charge in [0.25, 0.3) is 0 Å². The first-order chi connectivity index (χ1) is 10.6. The zero-order valence-corrected chi connectivity index (χ0v) is 12.9. The monoisotopic (exact) mass is 313 g/mol. The predicted molar refractivity (Wildman–Crippen MR) is 88.0 cm³/mol. The van der Waals surface area contributed by atoms with E-state index < -0.39 is 5.97 Å². The largest absolute Gasteiger partial charge is 0.477 e. The zero-order chi connectivity index (χ0) is 15.7. The fourth-order valence-corrected chi connectivity index (χ4v) is 3.63. The number of aromatic carboxylic acids is 1. The molecule has 0 unspecified atom stereocenters. The highest BCUT2D eigenvalue weighted by atomic mass is 32.1. The molecular weight excluding hydrogens is 298 g/mol. The normalized spacial score (nSPS) is 11.0. The zero-order valence-electron chi connectivity index (χ0n) is 12.1. The Morgan fingerprint density at radius 3 is 2.64 bits per heavy atom. The molecule has 0 saturated carbocycles. The van der Waals surface area contributed by atoms with E-state index in [4.69, 9.17) is 0 Å². The maximum atomic E-state index is 12.2. The third kappa shape index (κ3) is 2.44. The van der Waals surface area contributed by atoms with Gasteiger partial charge < -0.3 is 5.11 Å². The number of nitrogens with zero attached hydrogens (tertiary/aromatic N) is 1. The molecule has 5 heteroatoms. The van der Waals surface area contributed by atoms with Crippen molar-refractivity contribution in [3.05, 3.63) is 68.3 Å². The van der Waals surface area contributed by atoms with Crippen molar-refractivity contribution in [3.8, 4) is 0 Å². The minimum atomic E-state index is -1.03. The molecular formula is C17H15NO3S. The molecule has 0 aliphatic carbocycles. The minimum absolute atomic E-state index is 0.146. The molecule has 0 spiro atoms. The van der Waals surface area contributed by atoms with Crippen LogP contribution in [0.4, 0.5) is 0 Å². The van der Waals surface area contributed by atoms with E-state index in [-0.39, 0.29) is 9.75 Å². The molecule has 3 aromatic rings. The number of fused-ring (bicyclic) bond motifs is 1. The van der Waals surface area contributed by atoms with Crippen molar-refractivity contribution < 1.29 is 9.90 Å². The van der Waals surface area contributed by atoms with Gasteiger partial charge in [-0.05, 0) is 22.8 Å². The van der Waals surface area contributed by atoms with Crippen LogP contribution in [0, 0.1) is 0 Å². The van der Waals surface area contributed by atoms with Gasteiger partial charge in [0.15, 0.2) is 0 Å². The fraction of sp³-hybridized carbons (Fsp3) is 0.176. The van der Waals surface area contributed by atoms with Gasteiger partial charge in [-0.3, -0.25) is 9.36 Å². The molecule has 1 aromatic heterocycles. The Bertz CT molecular complexity index is 902. The van der Waals surface area contributed by atoms with Gasteiger partial charge in [0.1, 0.15) is 4.88 Å². The SMILES string of the molecule is CCc1c(C(=O)O)sc(=O)n1Cc1cccc2ccccc12. The standard InChI is InChI=1S/C17H15NO3S/c1-2-14-15(16(19)20)22-17(21)18(14)10-12-8-5-7-11-6-3-4-9-13(11)12/h3-9H,2,10H2,1H3,(H,19,20). The summed E-state index contributed by atoms with van der Waals surface area (Å²) < 4.78 is 1.58. The lowest BCUT2D eigenvalue weighted by molar-refractivity contribution is 0.0700. The maximum absolute atomic E-state index is 12.2. The van der Waals surface area contributed by atoms with E-state index in [2.05, 4.69) is 0 Å². The maximum Gasteiger partial charge on any atom is 0.347 e. The molecule has 0 radical (unpaired) electrons. The first kappa shape index (κ1) is 14.5. The number of carboxylic acid groups (broad SMARTS) is 1. The first-order valence-corrected chi connectivity index (χ1v) is 7.86. The van der Waals surface area contributed by atoms with Crippen LogP contribution in [0.15, 0.2) is 47.3 Å². The summed E-state index contributed by atoms with van der Waals surface area (Å²) in [5.41, 5.74) is 1.61. The summed E-state index contributed by atoms with van der Waals surface area (Å²) in [5, 5.41) is 11.4. The van der Waals surface area contributed by atoms with E-state index in [1.165, 1.54) is 0 Å². The molecule has 2 aromatic carbocycles. The lowest BCUT2D eigenvalue weighted by Crippen LogP contribution is -2.17. The second kappa shape index (κ2) is 5.77. The van der Waals surface area contributed by atoms with Crippen LogP contribution in [0.3, 0.4) is 0 Å². The molecule has 3 rings (SSSR count). The molecule has 0 saturated heterocycles. The lowest BCUT2D eigenvalue weighted by atomic mass is 10.0. The van der Waals surface area contributed by atoms with Crippen LogP contribution in [-0.4, -0.2) is 15.6 Å². The number of hydrogen-bond donors (Lipinski definition) is 1. The Morgan fingerprint density at radius 1 is 1.18 bits per heavy atom. The Labute approximate surface area is 131 Å². The van der Waals surface area contributed by atoms with Crippen LogP contribution < -0.4 is 4.87 Å². The van der Waals surface area contributed by atoms with E-state index in [9.17, 15) is 14.7 Å². The Kier molecular flexibility index (Phi) is 3.81. The Morgan fingerprint density at radius 2 is 1.91 bits per heavy atom. The Hall–Kier alpha value is -2.40. The number of rotatable bonds is 4. The number of hydrogen-bond acceptors (Lipinski definition) is 3. The predicted octanol–water partition coefficient (Wildman–Crippen LogP) is 3.37. The molecule has 0 aliphatic rings. The Balaban J connectivity index is 2.13. The van der Waals surface area contributed by atoms with Crippen LogP contribution >= 0.6 is 11.3 Å². The minimum Gasteiger partial charge on any atom is -0.477 e. The number of benzene rings is 2. The van der Waals surface area contributed by atoms with Crippen molar-refractivity contribution in [3.63, 3.8) is 0 Å². The van der Waals surface area contributed by atoms with E-state index >= 15 is 0 Å². The quantitative estimate of drug-likeness (QED) is 0.803. The lowest BCUT2D eigenvalue weighted by Gasteiger charge is -2.10. The molecule has 0 atom stereocenters. The number of carbonyl (C=O) groups is 1. The highest BCUT2D eigenvalue weighted by molar-refractivity contribution is 7.11. The van der Waals surface area contributed by atoms with Gasteiger partial charge in [0, 0.05) is 5.69 Å². The molecule has 1 heterocycles. The van der Waals surface area contributed by atoms with Crippen molar-refractivity contribution in [1.29, 1.82) is 0 Å². The first-order valence-electron chi connectivity index (χ1n) is 7.04. The molecule has 0 fully saturated rings. The summed E-state index contributed by atoms with van der Waals surface area (Å²) in [6, 6.07) is 13.9. The molecule has 0 bridgehead atoms. The van der Waals surface area contributed by atoms with Crippen molar-refractivity contribution >= 4 is 28.1 Å². The highest BCUT2D eigenvalue weighted by Gasteiger charge is 2.19. The van der Waals surface area contributed by atoms with Gasteiger partial charge in [-0.1, -0.05) is 60.7 Å². The molecule has 22 heavy (non-hydrogen) atoms. The van der Waals surface area contributed by atoms with E-state index in [0.29, 0.717) is 18.7 Å². The van der Waals surface area contributed by atoms with Crippen LogP contribution in [0.2, 0.25) is 0 Å². The fourth-order valence-electron chi connectivity index (χ4n) is 2.71. The summed E-state index contributed by atoms with van der Waals surface area (Å²) in [6.45, 7) is 2.26. The number of aromatic nitrogens is 1. The third-order valence-electron chi connectivity index (χ3n) is 3.74. The summed E-state index contributed by atoms with van der Waals surface area (Å²) in [7, 11) is 0. The summed E-state index contributed by atoms with van der Waals surface area (Å²) >= 11 is 0.806. The van der Waals surface area contributed by atoms with E-state index in [1.807, 2.05) is 49.4 Å². The van der Waals surface area contributed by atoms with Crippen LogP contribution in [0.5, 0.6) is 0 Å². The number of carboxylic acids is 1. The van der Waals surface area contributed by atoms with E-state index in [1.54, 1.807) is 4.57 Å². The summed E-state index contributed by atoms with van der Waals surface area (Å²) in [4.78, 5) is 23.4. The average molecular weight is 313 g/mol. The van der Waals surface area contributed by atoms with Crippen molar-refractivity contribution in [2.75, 3.05) is 0 Å². The molecule has 4 nitrogen and oxygen atoms in total. The average Bonchev–Trinajstić information content (AvgIpc) is 2.84. The van der Waals surface area contributed by atoms with Crippen molar-refractivity contribution in [2.45, 2.75) is 19.9 Å². The van der Waals surface area contributed by atoms with Crippen LogP contribution in [-0.2, 0) is 13.0 Å². The van der Waals surface area contributed by atoms with Crippen LogP contribution in [0.1, 0.15) is 27.9 Å². The molecule has 0 aliphatic heterocycles. The number of thiazole rings is 1. The highest BCUT2D eigenvalue weighted by Crippen LogP contribution is 2.21. The second-order valence-electron chi connectivity index (χ2n) is 5.03. The summed E-state index contributed by atoms with van der Waals surface area (Å²) in [5.74, 6) is -1.03.